The lowest BCUT2D eigenvalue weighted by molar-refractivity contribution is -0.159. The molecule has 294 valence electrons. The number of nitrogens with one attached hydrogen (secondary N) is 1. The van der Waals surface area contributed by atoms with Crippen LogP contribution >= 0.6 is 23.4 Å². The van der Waals surface area contributed by atoms with E-state index in [0.29, 0.717) is 5.75 Å². The average Bonchev–Trinajstić information content (AvgIpc) is 3.18. The second kappa shape index (κ2) is 16.4. The number of carbonyl (C=O) groups is 6. The van der Waals surface area contributed by atoms with E-state index in [1.165, 1.54) is 59.1 Å². The predicted octanol–water partition coefficient (Wildman–Crippen LogP) is 5.15. The number of aromatic hydroxyl groups is 3. The largest absolute Gasteiger partial charge is 0.507 e. The Balaban J connectivity index is 1.20. The summed E-state index contributed by atoms with van der Waals surface area (Å²) in [4.78, 5) is 81.1. The first-order valence-corrected chi connectivity index (χ1v) is 18.7. The van der Waals surface area contributed by atoms with E-state index >= 15 is 0 Å². The molecule has 0 aromatic heterocycles. The molecule has 16 heteroatoms. The number of amides is 2. The Morgan fingerprint density at radius 1 is 0.807 bits per heavy atom. The molecule has 2 heterocycles. The number of ether oxygens (including phenoxy) is 3. The van der Waals surface area contributed by atoms with Gasteiger partial charge in [0.2, 0.25) is 11.6 Å². The van der Waals surface area contributed by atoms with Crippen molar-refractivity contribution in [2.45, 2.75) is 37.8 Å². The van der Waals surface area contributed by atoms with Gasteiger partial charge < -0.3 is 34.8 Å². The molecule has 0 spiro atoms. The van der Waals surface area contributed by atoms with E-state index in [0.717, 1.165) is 12.1 Å². The van der Waals surface area contributed by atoms with Crippen LogP contribution < -0.4 is 10.1 Å². The number of hydrogen-bond acceptors (Lipinski definition) is 13. The monoisotopic (exact) mass is 814 g/mol. The van der Waals surface area contributed by atoms with Gasteiger partial charge in [0, 0.05) is 16.3 Å². The van der Waals surface area contributed by atoms with Gasteiger partial charge in [-0.15, -0.1) is 11.8 Å². The van der Waals surface area contributed by atoms with Crippen LogP contribution in [0, 0.1) is 0 Å². The summed E-state index contributed by atoms with van der Waals surface area (Å²) < 4.78 is 16.6. The topological polar surface area (TPSA) is 206 Å². The Morgan fingerprint density at radius 2 is 1.40 bits per heavy atom. The highest BCUT2D eigenvalue weighted by atomic mass is 35.5. The normalized spacial score (nSPS) is 16.2. The van der Waals surface area contributed by atoms with Crippen molar-refractivity contribution in [2.24, 2.45) is 0 Å². The van der Waals surface area contributed by atoms with Crippen molar-refractivity contribution in [2.75, 3.05) is 19.0 Å². The zero-order valence-electron chi connectivity index (χ0n) is 30.6. The maximum absolute atomic E-state index is 13.7. The Morgan fingerprint density at radius 3 is 2.07 bits per heavy atom. The number of rotatable bonds is 12. The Labute approximate surface area is 335 Å². The van der Waals surface area contributed by atoms with Crippen molar-refractivity contribution in [3.05, 3.63) is 129 Å². The number of phenols is 3. The maximum atomic E-state index is 13.7. The number of ketones is 2. The molecule has 0 saturated carbocycles. The van der Waals surface area contributed by atoms with Crippen LogP contribution in [0.1, 0.15) is 63.0 Å². The third kappa shape index (κ3) is 8.59. The standard InChI is InChI=1S/C41H35ClN2O12S/c1-41(2,3)56-40(53)32-21(20-57-38-31(37(51)44(32)38)43-30(46)19-54-23-10-5-4-6-11-23)18-55-39(52)26-14-9-13-25(34(26)48)35(49)28-17-22(42)16-27(36(28)50)33(47)24-12-7-8-15-29(24)45/h4-17,31,38,45,48,50H,18-20H2,1-3H3,(H,43,46)/t31?,38-/m0/s1. The minimum Gasteiger partial charge on any atom is -0.507 e. The molecule has 2 aliphatic heterocycles. The van der Waals surface area contributed by atoms with Crippen LogP contribution in [-0.2, 0) is 23.9 Å². The van der Waals surface area contributed by atoms with Gasteiger partial charge in [-0.1, -0.05) is 48.0 Å². The molecule has 0 aliphatic carbocycles. The van der Waals surface area contributed by atoms with E-state index in [1.54, 1.807) is 51.1 Å². The van der Waals surface area contributed by atoms with Gasteiger partial charge >= 0.3 is 11.9 Å². The lowest BCUT2D eigenvalue weighted by Crippen LogP contribution is -2.71. The van der Waals surface area contributed by atoms with Gasteiger partial charge in [-0.3, -0.25) is 24.1 Å². The van der Waals surface area contributed by atoms with Crippen LogP contribution in [0.5, 0.6) is 23.0 Å². The van der Waals surface area contributed by atoms with Gasteiger partial charge in [-0.25, -0.2) is 9.59 Å². The van der Waals surface area contributed by atoms with Crippen molar-refractivity contribution in [3.63, 3.8) is 0 Å². The zero-order chi connectivity index (χ0) is 41.2. The lowest BCUT2D eigenvalue weighted by Gasteiger charge is -2.49. The summed E-state index contributed by atoms with van der Waals surface area (Å²) in [6.45, 7) is 4.05. The summed E-state index contributed by atoms with van der Waals surface area (Å²) >= 11 is 7.44. The fraction of sp³-hybridized carbons (Fsp3) is 0.220. The van der Waals surface area contributed by atoms with E-state index in [2.05, 4.69) is 5.32 Å². The Kier molecular flexibility index (Phi) is 11.6. The maximum Gasteiger partial charge on any atom is 0.355 e. The van der Waals surface area contributed by atoms with E-state index in [-0.39, 0.29) is 40.0 Å². The molecule has 6 rings (SSSR count). The molecule has 1 unspecified atom stereocenters. The first-order chi connectivity index (χ1) is 27.1. The minimum absolute atomic E-state index is 0.0869. The third-order valence-corrected chi connectivity index (χ3v) is 10.2. The summed E-state index contributed by atoms with van der Waals surface area (Å²) in [7, 11) is 0. The molecular weight excluding hydrogens is 780 g/mol. The second-order valence-electron chi connectivity index (χ2n) is 13.8. The fourth-order valence-electron chi connectivity index (χ4n) is 6.01. The number of para-hydroxylation sites is 3. The van der Waals surface area contributed by atoms with Crippen LogP contribution in [0.2, 0.25) is 5.02 Å². The quantitative estimate of drug-likeness (QED) is 0.0831. The summed E-state index contributed by atoms with van der Waals surface area (Å²) in [5.41, 5.74) is -2.83. The van der Waals surface area contributed by atoms with Crippen molar-refractivity contribution < 1.29 is 58.3 Å². The fourth-order valence-corrected chi connectivity index (χ4v) is 7.56. The van der Waals surface area contributed by atoms with E-state index < -0.39 is 92.7 Å². The van der Waals surface area contributed by atoms with Crippen LogP contribution in [0.25, 0.3) is 0 Å². The molecule has 14 nitrogen and oxygen atoms in total. The highest BCUT2D eigenvalue weighted by molar-refractivity contribution is 8.00. The van der Waals surface area contributed by atoms with Crippen LogP contribution in [0.4, 0.5) is 0 Å². The van der Waals surface area contributed by atoms with Crippen LogP contribution in [-0.4, -0.2) is 91.5 Å². The van der Waals surface area contributed by atoms with Gasteiger partial charge in [0.1, 0.15) is 57.9 Å². The van der Waals surface area contributed by atoms with Gasteiger partial charge in [-0.05, 0) is 69.3 Å². The average molecular weight is 815 g/mol. The smallest absolute Gasteiger partial charge is 0.355 e. The zero-order valence-corrected chi connectivity index (χ0v) is 32.2. The van der Waals surface area contributed by atoms with Gasteiger partial charge in [0.05, 0.1) is 22.3 Å². The number of phenolic OH excluding ortho intramolecular Hbond substituents is 3. The molecular formula is C41H35ClN2O12S. The SMILES string of the molecule is CC(C)(C)OC(=O)C1=C(COC(=O)c2cccc(C(=O)c3cc(Cl)cc(C(=O)c4ccccc4O)c3O)c2O)CS[C@H]2C(NC(=O)COc3ccccc3)C(=O)N12. The van der Waals surface area contributed by atoms with Gasteiger partial charge in [0.25, 0.3) is 11.8 Å². The van der Waals surface area contributed by atoms with Gasteiger partial charge in [0.15, 0.2) is 6.61 Å². The van der Waals surface area contributed by atoms with Crippen LogP contribution in [0.3, 0.4) is 0 Å². The summed E-state index contributed by atoms with van der Waals surface area (Å²) in [5.74, 6) is -6.33. The Hall–Kier alpha value is -6.32. The first-order valence-electron chi connectivity index (χ1n) is 17.3. The van der Waals surface area contributed by atoms with Crippen LogP contribution in [0.15, 0.2) is 96.2 Å². The first kappa shape index (κ1) is 40.3. The molecule has 0 bridgehead atoms. The number of β-lactam (4-membered cyclic amide) rings is 1. The number of halogens is 1. The molecule has 2 amide bonds. The predicted molar refractivity (Wildman–Crippen MR) is 206 cm³/mol. The number of thioether (sulfide) groups is 1. The highest BCUT2D eigenvalue weighted by Crippen LogP contribution is 2.41. The van der Waals surface area contributed by atoms with Crippen molar-refractivity contribution in [3.8, 4) is 23.0 Å². The molecule has 4 aromatic carbocycles. The summed E-state index contributed by atoms with van der Waals surface area (Å²) in [6, 6.07) is 19.1. The minimum atomic E-state index is -1.10. The number of nitrogens with zero attached hydrogens (tertiary/aromatic N) is 1. The van der Waals surface area contributed by atoms with E-state index in [9.17, 15) is 44.1 Å². The lowest BCUT2D eigenvalue weighted by atomic mass is 9.94. The number of esters is 2. The third-order valence-electron chi connectivity index (χ3n) is 8.66. The molecule has 0 radical (unpaired) electrons. The second-order valence-corrected chi connectivity index (χ2v) is 15.4. The molecule has 57 heavy (non-hydrogen) atoms. The number of benzene rings is 4. The molecule has 2 atom stereocenters. The van der Waals surface area contributed by atoms with E-state index in [4.69, 9.17) is 25.8 Å². The molecule has 4 N–H and O–H groups in total. The molecule has 4 aromatic rings. The highest BCUT2D eigenvalue weighted by Gasteiger charge is 2.55. The van der Waals surface area contributed by atoms with Crippen molar-refractivity contribution in [1.82, 2.24) is 10.2 Å². The Bertz CT molecular complexity index is 2340. The van der Waals surface area contributed by atoms with Crippen molar-refractivity contribution >= 4 is 58.7 Å². The molecule has 1 saturated heterocycles. The summed E-state index contributed by atoms with van der Waals surface area (Å²) in [5, 5.41) is 34.2. The number of carbonyl (C=O) groups excluding carboxylic acids is 6. The van der Waals surface area contributed by atoms with E-state index in [1.807, 2.05) is 0 Å². The summed E-state index contributed by atoms with van der Waals surface area (Å²) in [6.07, 6.45) is 0. The number of hydrogen-bond donors (Lipinski definition) is 4. The number of fused-ring (bicyclic) bond motifs is 1. The van der Waals surface area contributed by atoms with Crippen molar-refractivity contribution in [1.29, 1.82) is 0 Å². The van der Waals surface area contributed by atoms with Gasteiger partial charge in [-0.2, -0.15) is 0 Å². The molecule has 2 aliphatic rings. The molecule has 1 fully saturated rings.